The highest BCUT2D eigenvalue weighted by Gasteiger charge is 2.11. The summed E-state index contributed by atoms with van der Waals surface area (Å²) in [6, 6.07) is 6.69. The number of imidazole rings is 1. The lowest BCUT2D eigenvalue weighted by Crippen LogP contribution is -2.10. The lowest BCUT2D eigenvalue weighted by atomic mass is 10.0. The predicted molar refractivity (Wildman–Crippen MR) is 86.1 cm³/mol. The van der Waals surface area contributed by atoms with Gasteiger partial charge in [-0.05, 0) is 36.6 Å². The Morgan fingerprint density at radius 1 is 1.25 bits per heavy atom. The van der Waals surface area contributed by atoms with E-state index in [1.807, 2.05) is 0 Å². The highest BCUT2D eigenvalue weighted by atomic mass is 15.1. The maximum Gasteiger partial charge on any atom is 0.111 e. The molecule has 0 spiro atoms. The number of rotatable bonds is 7. The molecule has 0 saturated heterocycles. The van der Waals surface area contributed by atoms with Crippen LogP contribution >= 0.6 is 0 Å². The van der Waals surface area contributed by atoms with Gasteiger partial charge in [0.15, 0.2) is 0 Å². The van der Waals surface area contributed by atoms with Crippen LogP contribution in [0.5, 0.6) is 0 Å². The molecule has 3 heteroatoms. The summed E-state index contributed by atoms with van der Waals surface area (Å²) in [5.74, 6) is 1.68. The van der Waals surface area contributed by atoms with Crippen molar-refractivity contribution in [1.82, 2.24) is 9.55 Å². The van der Waals surface area contributed by atoms with Gasteiger partial charge in [0.25, 0.3) is 0 Å². The van der Waals surface area contributed by atoms with E-state index >= 15 is 0 Å². The lowest BCUT2D eigenvalue weighted by Gasteiger charge is -2.09. The van der Waals surface area contributed by atoms with Gasteiger partial charge in [-0.25, -0.2) is 4.98 Å². The minimum atomic E-state index is 0.544. The minimum Gasteiger partial charge on any atom is -0.330 e. The van der Waals surface area contributed by atoms with Crippen molar-refractivity contribution in [1.29, 1.82) is 0 Å². The average Bonchev–Trinajstić information content (AvgIpc) is 2.76. The molecule has 0 amide bonds. The molecule has 2 rings (SSSR count). The molecular formula is C17H27N3. The molecule has 0 bridgehead atoms. The molecule has 0 saturated carbocycles. The first-order chi connectivity index (χ1) is 9.67. The number of nitrogens with two attached hydrogens (primary N) is 1. The van der Waals surface area contributed by atoms with Gasteiger partial charge in [0.2, 0.25) is 0 Å². The fourth-order valence-corrected chi connectivity index (χ4v) is 2.65. The Labute approximate surface area is 122 Å². The third-order valence-electron chi connectivity index (χ3n) is 3.87. The third-order valence-corrected chi connectivity index (χ3v) is 3.87. The molecule has 2 N–H and O–H groups in total. The first kappa shape index (κ1) is 15.0. The molecule has 0 aliphatic carbocycles. The van der Waals surface area contributed by atoms with Crippen LogP contribution in [0.1, 0.15) is 57.3 Å². The van der Waals surface area contributed by atoms with Gasteiger partial charge in [0.05, 0.1) is 11.0 Å². The van der Waals surface area contributed by atoms with Crippen molar-refractivity contribution in [2.45, 2.75) is 58.9 Å². The predicted octanol–water partition coefficient (Wildman–Crippen LogP) is 3.85. The zero-order valence-electron chi connectivity index (χ0n) is 13.0. The normalized spacial score (nSPS) is 11.7. The standard InChI is InChI=1S/C17H27N3/c1-4-5-6-11-20-16-8-7-14(13(2)3)12-15(16)19-17(20)9-10-18/h7-8,12-13H,4-6,9-11,18H2,1-3H3. The Bertz CT molecular complexity index is 555. The Morgan fingerprint density at radius 3 is 2.70 bits per heavy atom. The third kappa shape index (κ3) is 3.21. The van der Waals surface area contributed by atoms with E-state index < -0.39 is 0 Å². The van der Waals surface area contributed by atoms with Gasteiger partial charge in [-0.15, -0.1) is 0 Å². The lowest BCUT2D eigenvalue weighted by molar-refractivity contribution is 0.591. The average molecular weight is 273 g/mol. The topological polar surface area (TPSA) is 43.8 Å². The van der Waals surface area contributed by atoms with Crippen LogP contribution in [0.4, 0.5) is 0 Å². The second-order valence-electron chi connectivity index (χ2n) is 5.83. The van der Waals surface area contributed by atoms with E-state index in [1.165, 1.54) is 30.3 Å². The van der Waals surface area contributed by atoms with Gasteiger partial charge >= 0.3 is 0 Å². The molecule has 3 nitrogen and oxygen atoms in total. The van der Waals surface area contributed by atoms with E-state index in [-0.39, 0.29) is 0 Å². The van der Waals surface area contributed by atoms with Gasteiger partial charge in [-0.3, -0.25) is 0 Å². The maximum absolute atomic E-state index is 5.73. The number of nitrogens with zero attached hydrogens (tertiary/aromatic N) is 2. The summed E-state index contributed by atoms with van der Waals surface area (Å²) >= 11 is 0. The van der Waals surface area contributed by atoms with Gasteiger partial charge < -0.3 is 10.3 Å². The van der Waals surface area contributed by atoms with E-state index in [4.69, 9.17) is 10.7 Å². The Kier molecular flexibility index (Phi) is 5.18. The summed E-state index contributed by atoms with van der Waals surface area (Å²) in [5.41, 5.74) is 9.47. The number of aryl methyl sites for hydroxylation is 1. The Balaban J connectivity index is 2.38. The van der Waals surface area contributed by atoms with Crippen LogP contribution in [0.15, 0.2) is 18.2 Å². The second kappa shape index (κ2) is 6.89. The number of fused-ring (bicyclic) bond motifs is 1. The Hall–Kier alpha value is -1.35. The van der Waals surface area contributed by atoms with E-state index in [0.29, 0.717) is 12.5 Å². The molecule has 2 aromatic rings. The molecule has 0 radical (unpaired) electrons. The van der Waals surface area contributed by atoms with Crippen LogP contribution in [-0.4, -0.2) is 16.1 Å². The number of benzene rings is 1. The van der Waals surface area contributed by atoms with Crippen molar-refractivity contribution in [3.63, 3.8) is 0 Å². The zero-order valence-corrected chi connectivity index (χ0v) is 13.0. The van der Waals surface area contributed by atoms with E-state index in [0.717, 1.165) is 24.3 Å². The highest BCUT2D eigenvalue weighted by molar-refractivity contribution is 5.77. The number of aromatic nitrogens is 2. The summed E-state index contributed by atoms with van der Waals surface area (Å²) in [6.45, 7) is 8.40. The molecule has 1 heterocycles. The van der Waals surface area contributed by atoms with Crippen molar-refractivity contribution in [2.75, 3.05) is 6.54 Å². The number of hydrogen-bond acceptors (Lipinski definition) is 2. The summed E-state index contributed by atoms with van der Waals surface area (Å²) in [4.78, 5) is 4.81. The Morgan fingerprint density at radius 2 is 2.05 bits per heavy atom. The molecule has 20 heavy (non-hydrogen) atoms. The van der Waals surface area contributed by atoms with Crippen LogP contribution < -0.4 is 5.73 Å². The molecule has 0 aliphatic heterocycles. The van der Waals surface area contributed by atoms with E-state index in [1.54, 1.807) is 0 Å². The molecule has 1 aromatic heterocycles. The van der Waals surface area contributed by atoms with Crippen molar-refractivity contribution in [3.05, 3.63) is 29.6 Å². The molecule has 0 unspecified atom stereocenters. The molecule has 110 valence electrons. The van der Waals surface area contributed by atoms with Crippen molar-refractivity contribution < 1.29 is 0 Å². The van der Waals surface area contributed by atoms with E-state index in [9.17, 15) is 0 Å². The molecule has 0 aliphatic rings. The monoisotopic (exact) mass is 273 g/mol. The van der Waals surface area contributed by atoms with Crippen LogP contribution in [0.25, 0.3) is 11.0 Å². The van der Waals surface area contributed by atoms with Crippen LogP contribution in [0.2, 0.25) is 0 Å². The second-order valence-corrected chi connectivity index (χ2v) is 5.83. The smallest absolute Gasteiger partial charge is 0.111 e. The number of hydrogen-bond donors (Lipinski definition) is 1. The van der Waals surface area contributed by atoms with Crippen molar-refractivity contribution >= 4 is 11.0 Å². The summed E-state index contributed by atoms with van der Waals surface area (Å²) in [5, 5.41) is 0. The van der Waals surface area contributed by atoms with Crippen LogP contribution in [-0.2, 0) is 13.0 Å². The van der Waals surface area contributed by atoms with Crippen LogP contribution in [0, 0.1) is 0 Å². The van der Waals surface area contributed by atoms with Crippen molar-refractivity contribution in [3.8, 4) is 0 Å². The molecule has 0 atom stereocenters. The first-order valence-corrected chi connectivity index (χ1v) is 7.86. The van der Waals surface area contributed by atoms with Gasteiger partial charge in [-0.1, -0.05) is 39.7 Å². The maximum atomic E-state index is 5.73. The van der Waals surface area contributed by atoms with Crippen LogP contribution in [0.3, 0.4) is 0 Å². The fourth-order valence-electron chi connectivity index (χ4n) is 2.65. The molecular weight excluding hydrogens is 246 g/mol. The summed E-state index contributed by atoms with van der Waals surface area (Å²) < 4.78 is 2.36. The molecule has 0 fully saturated rings. The SMILES string of the molecule is CCCCCn1c(CCN)nc2cc(C(C)C)ccc21. The van der Waals surface area contributed by atoms with Gasteiger partial charge in [0, 0.05) is 13.0 Å². The van der Waals surface area contributed by atoms with E-state index in [2.05, 4.69) is 43.5 Å². The van der Waals surface area contributed by atoms with Crippen molar-refractivity contribution in [2.24, 2.45) is 5.73 Å². The van der Waals surface area contributed by atoms with Gasteiger partial charge in [-0.2, -0.15) is 0 Å². The fraction of sp³-hybridized carbons (Fsp3) is 0.588. The quantitative estimate of drug-likeness (QED) is 0.779. The largest absolute Gasteiger partial charge is 0.330 e. The zero-order chi connectivity index (χ0) is 14.5. The highest BCUT2D eigenvalue weighted by Crippen LogP contribution is 2.23. The summed E-state index contributed by atoms with van der Waals surface area (Å²) in [7, 11) is 0. The summed E-state index contributed by atoms with van der Waals surface area (Å²) in [6.07, 6.45) is 4.59. The van der Waals surface area contributed by atoms with Gasteiger partial charge in [0.1, 0.15) is 5.82 Å². The number of unbranched alkanes of at least 4 members (excludes halogenated alkanes) is 2. The molecule has 1 aromatic carbocycles. The first-order valence-electron chi connectivity index (χ1n) is 7.86. The minimum absolute atomic E-state index is 0.544.